The van der Waals surface area contributed by atoms with E-state index < -0.39 is 28.2 Å². The second-order valence-electron chi connectivity index (χ2n) is 9.95. The first-order chi connectivity index (χ1) is 18.5. The van der Waals surface area contributed by atoms with E-state index in [1.165, 1.54) is 29.6 Å². The molecule has 4 rings (SSSR count). The van der Waals surface area contributed by atoms with Gasteiger partial charge in [-0.15, -0.1) is 0 Å². The predicted molar refractivity (Wildman–Crippen MR) is 148 cm³/mol. The zero-order valence-electron chi connectivity index (χ0n) is 22.2. The summed E-state index contributed by atoms with van der Waals surface area (Å²) >= 11 is 12.3. The van der Waals surface area contributed by atoms with Gasteiger partial charge in [0.15, 0.2) is 11.5 Å². The Balaban J connectivity index is 1.61. The van der Waals surface area contributed by atoms with Gasteiger partial charge in [-0.2, -0.15) is 4.31 Å². The number of sulfonamides is 1. The third-order valence-corrected chi connectivity index (χ3v) is 9.60. The quantitative estimate of drug-likeness (QED) is 0.435. The van der Waals surface area contributed by atoms with Gasteiger partial charge in [-0.1, -0.05) is 23.2 Å². The number of hydrogen-bond donors (Lipinski definition) is 1. The van der Waals surface area contributed by atoms with Gasteiger partial charge in [0.25, 0.3) is 0 Å². The van der Waals surface area contributed by atoms with E-state index in [2.05, 4.69) is 0 Å². The molecular formula is C27H34Cl2N2O7S. The number of methoxy groups -OCH3 is 2. The van der Waals surface area contributed by atoms with Crippen LogP contribution in [0.5, 0.6) is 17.2 Å². The van der Waals surface area contributed by atoms with Crippen molar-refractivity contribution in [2.24, 2.45) is 5.92 Å². The monoisotopic (exact) mass is 600 g/mol. The summed E-state index contributed by atoms with van der Waals surface area (Å²) < 4.78 is 45.8. The van der Waals surface area contributed by atoms with Crippen LogP contribution in [0, 0.1) is 5.92 Å². The molecule has 0 aromatic heterocycles. The molecule has 2 aliphatic rings. The maximum absolute atomic E-state index is 14.0. The Morgan fingerprint density at radius 2 is 1.74 bits per heavy atom. The van der Waals surface area contributed by atoms with Crippen molar-refractivity contribution in [1.29, 1.82) is 0 Å². The fourth-order valence-corrected chi connectivity index (χ4v) is 8.20. The maximum atomic E-state index is 14.0. The molecule has 0 radical (unpaired) electrons. The van der Waals surface area contributed by atoms with Crippen LogP contribution in [0.2, 0.25) is 10.0 Å². The molecule has 2 bridgehead atoms. The summed E-state index contributed by atoms with van der Waals surface area (Å²) in [6.07, 6.45) is 1.37. The van der Waals surface area contributed by atoms with Crippen LogP contribution in [-0.2, 0) is 14.8 Å². The lowest BCUT2D eigenvalue weighted by Crippen LogP contribution is -2.55. The van der Waals surface area contributed by atoms with Crippen LogP contribution in [0.4, 0.5) is 0 Å². The molecule has 2 saturated heterocycles. The zero-order chi connectivity index (χ0) is 28.3. The van der Waals surface area contributed by atoms with Crippen molar-refractivity contribution < 1.29 is 32.5 Å². The third-order valence-electron chi connectivity index (χ3n) is 7.25. The number of aliphatic hydroxyl groups excluding tert-OH is 1. The van der Waals surface area contributed by atoms with Crippen molar-refractivity contribution in [2.75, 3.05) is 33.9 Å². The summed E-state index contributed by atoms with van der Waals surface area (Å²) in [6.45, 7) is 2.43. The molecule has 12 heteroatoms. The molecule has 1 N–H and O–H groups in total. The first-order valence-electron chi connectivity index (χ1n) is 12.9. The van der Waals surface area contributed by atoms with Gasteiger partial charge in [0.1, 0.15) is 18.4 Å². The Kier molecular flexibility index (Phi) is 9.54. The second kappa shape index (κ2) is 12.5. The summed E-state index contributed by atoms with van der Waals surface area (Å²) in [5, 5.41) is 10.7. The Labute approximate surface area is 239 Å². The Morgan fingerprint density at radius 1 is 1.05 bits per heavy atom. The van der Waals surface area contributed by atoms with Gasteiger partial charge in [-0.25, -0.2) is 8.42 Å². The third kappa shape index (κ3) is 6.57. The average Bonchev–Trinajstić information content (AvgIpc) is 2.95. The van der Waals surface area contributed by atoms with E-state index in [-0.39, 0.29) is 39.9 Å². The van der Waals surface area contributed by atoms with Crippen LogP contribution in [-0.4, -0.2) is 80.7 Å². The molecule has 39 heavy (non-hydrogen) atoms. The molecule has 214 valence electrons. The number of benzene rings is 2. The van der Waals surface area contributed by atoms with E-state index in [4.69, 9.17) is 37.4 Å². The smallest absolute Gasteiger partial charge is 0.244 e. The number of piperidine rings is 1. The van der Waals surface area contributed by atoms with Crippen LogP contribution >= 0.6 is 23.2 Å². The molecule has 2 aromatic rings. The van der Waals surface area contributed by atoms with Crippen LogP contribution in [0.25, 0.3) is 0 Å². The fourth-order valence-electron chi connectivity index (χ4n) is 5.58. The number of ether oxygens (including phenoxy) is 3. The number of nitrogens with zero attached hydrogens (tertiary/aromatic N) is 2. The molecule has 2 heterocycles. The van der Waals surface area contributed by atoms with Gasteiger partial charge >= 0.3 is 0 Å². The van der Waals surface area contributed by atoms with Gasteiger partial charge in [-0.3, -0.25) is 4.79 Å². The molecule has 0 spiro atoms. The number of amides is 1. The number of rotatable bonds is 10. The molecule has 1 amide bonds. The summed E-state index contributed by atoms with van der Waals surface area (Å²) in [7, 11) is -1.03. The predicted octanol–water partition coefficient (Wildman–Crippen LogP) is 4.23. The highest BCUT2D eigenvalue weighted by Crippen LogP contribution is 2.39. The first kappa shape index (κ1) is 29.7. The lowest BCUT2D eigenvalue weighted by Gasteiger charge is -2.41. The van der Waals surface area contributed by atoms with Crippen molar-refractivity contribution in [3.8, 4) is 17.2 Å². The van der Waals surface area contributed by atoms with Gasteiger partial charge in [0, 0.05) is 28.7 Å². The van der Waals surface area contributed by atoms with Crippen molar-refractivity contribution >= 4 is 39.1 Å². The number of carbonyl (C=O) groups is 1. The molecule has 2 unspecified atom stereocenters. The Morgan fingerprint density at radius 3 is 2.38 bits per heavy atom. The molecule has 4 atom stereocenters. The number of hydrogen-bond acceptors (Lipinski definition) is 7. The van der Waals surface area contributed by atoms with E-state index in [0.717, 1.165) is 0 Å². The largest absolute Gasteiger partial charge is 0.493 e. The van der Waals surface area contributed by atoms with Crippen LogP contribution in [0.3, 0.4) is 0 Å². The first-order valence-corrected chi connectivity index (χ1v) is 15.1. The van der Waals surface area contributed by atoms with Gasteiger partial charge in [0.05, 0.1) is 31.8 Å². The van der Waals surface area contributed by atoms with Crippen molar-refractivity contribution in [1.82, 2.24) is 9.21 Å². The minimum atomic E-state index is -4.11. The summed E-state index contributed by atoms with van der Waals surface area (Å²) in [5.41, 5.74) is 0. The van der Waals surface area contributed by atoms with Crippen LogP contribution in [0.1, 0.15) is 32.6 Å². The van der Waals surface area contributed by atoms with Crippen LogP contribution < -0.4 is 14.2 Å². The summed E-state index contributed by atoms with van der Waals surface area (Å²) in [4.78, 5) is 15.5. The average molecular weight is 602 g/mol. The number of fused-ring (bicyclic) bond motifs is 2. The maximum Gasteiger partial charge on any atom is 0.244 e. The normalized spacial score (nSPS) is 22.8. The zero-order valence-corrected chi connectivity index (χ0v) is 24.5. The number of aliphatic hydroxyl groups is 1. The molecule has 2 fully saturated rings. The fraction of sp³-hybridized carbons (Fsp3) is 0.519. The van der Waals surface area contributed by atoms with Gasteiger partial charge in [0.2, 0.25) is 15.9 Å². The highest BCUT2D eigenvalue weighted by Gasteiger charge is 2.50. The van der Waals surface area contributed by atoms with Gasteiger partial charge < -0.3 is 24.2 Å². The minimum absolute atomic E-state index is 0.0502. The van der Waals surface area contributed by atoms with E-state index >= 15 is 0 Å². The van der Waals surface area contributed by atoms with Crippen LogP contribution in [0.15, 0.2) is 41.3 Å². The molecule has 0 saturated carbocycles. The van der Waals surface area contributed by atoms with E-state index in [1.807, 2.05) is 0 Å². The lowest BCUT2D eigenvalue weighted by molar-refractivity contribution is -0.135. The standard InChI is InChI=1S/C27H34Cl2N2O7S/c1-17(32)11-18-16-30(9-10-38-21-7-8-25(36-2)26(15-21)37-3)27(33)24-6-4-5-23(18)31(24)39(34,35)22-13-19(28)12-20(29)14-22/h7-8,12-15,17-18,23-24,32H,4-6,9-11,16H2,1-3H3/t17-,18-,23?,24?/m0/s1. The Bertz CT molecular complexity index is 1270. The highest BCUT2D eigenvalue weighted by molar-refractivity contribution is 7.89. The van der Waals surface area contributed by atoms with Crippen molar-refractivity contribution in [2.45, 2.75) is 55.7 Å². The number of halogens is 2. The summed E-state index contributed by atoms with van der Waals surface area (Å²) in [6, 6.07) is 8.03. The van der Waals surface area contributed by atoms with E-state index in [0.29, 0.717) is 49.5 Å². The van der Waals surface area contributed by atoms with Crippen molar-refractivity contribution in [3.63, 3.8) is 0 Å². The SMILES string of the molecule is COc1ccc(OCCN2C[C@H](C[C@H](C)O)C3CCCC(C2=O)N3S(=O)(=O)c2cc(Cl)cc(Cl)c2)cc1OC. The molecule has 0 aliphatic carbocycles. The molecular weight excluding hydrogens is 567 g/mol. The lowest BCUT2D eigenvalue weighted by atomic mass is 9.87. The number of carbonyl (C=O) groups excluding carboxylic acids is 1. The molecule has 9 nitrogen and oxygen atoms in total. The topological polar surface area (TPSA) is 106 Å². The van der Waals surface area contributed by atoms with Crippen molar-refractivity contribution in [3.05, 3.63) is 46.4 Å². The molecule has 2 aromatic carbocycles. The minimum Gasteiger partial charge on any atom is -0.493 e. The second-order valence-corrected chi connectivity index (χ2v) is 12.7. The highest BCUT2D eigenvalue weighted by atomic mass is 35.5. The van der Waals surface area contributed by atoms with E-state index in [9.17, 15) is 18.3 Å². The van der Waals surface area contributed by atoms with Gasteiger partial charge in [-0.05, 0) is 68.9 Å². The van der Waals surface area contributed by atoms with E-state index in [1.54, 1.807) is 37.1 Å². The molecule has 2 aliphatic heterocycles. The Hall–Kier alpha value is -2.24. The summed E-state index contributed by atoms with van der Waals surface area (Å²) in [5.74, 6) is 1.10.